The van der Waals surface area contributed by atoms with Crippen molar-refractivity contribution in [2.24, 2.45) is 11.8 Å². The topological polar surface area (TPSA) is 89.6 Å². The molecule has 0 aromatic heterocycles. The Morgan fingerprint density at radius 1 is 0.976 bits per heavy atom. The molecule has 2 aliphatic rings. The van der Waals surface area contributed by atoms with Crippen molar-refractivity contribution in [1.82, 2.24) is 15.1 Å². The van der Waals surface area contributed by atoms with Gasteiger partial charge in [-0.05, 0) is 56.4 Å². The number of nitrogens with one attached hydrogen (secondary N) is 1. The monoisotopic (exact) mass is 567 g/mol. The highest BCUT2D eigenvalue weighted by Crippen LogP contribution is 2.31. The lowest BCUT2D eigenvalue weighted by Gasteiger charge is -2.32. The number of benzene rings is 2. The van der Waals surface area contributed by atoms with E-state index in [1.807, 2.05) is 54.0 Å². The molecule has 0 spiro atoms. The molecule has 2 aromatic rings. The minimum absolute atomic E-state index is 0.00398. The minimum atomic E-state index is -0.255. The molecule has 1 saturated carbocycles. The summed E-state index contributed by atoms with van der Waals surface area (Å²) in [5.74, 6) is 1.36. The van der Waals surface area contributed by atoms with Crippen LogP contribution in [0.2, 0.25) is 0 Å². The van der Waals surface area contributed by atoms with E-state index in [0.717, 1.165) is 37.9 Å². The van der Waals surface area contributed by atoms with Crippen LogP contribution in [-0.4, -0.2) is 87.6 Å². The number of methoxy groups -OCH3 is 2. The highest BCUT2D eigenvalue weighted by Gasteiger charge is 2.36. The molecule has 1 aliphatic heterocycles. The zero-order valence-corrected chi connectivity index (χ0v) is 24.8. The van der Waals surface area contributed by atoms with E-state index < -0.39 is 0 Å². The van der Waals surface area contributed by atoms with E-state index in [9.17, 15) is 9.59 Å². The van der Waals surface area contributed by atoms with Gasteiger partial charge in [-0.15, -0.1) is 0 Å². The van der Waals surface area contributed by atoms with Crippen molar-refractivity contribution in [3.63, 3.8) is 0 Å². The van der Waals surface area contributed by atoms with Crippen LogP contribution in [0.15, 0.2) is 48.5 Å². The maximum Gasteiger partial charge on any atom is 0.410 e. The molecule has 1 heterocycles. The second-order valence-corrected chi connectivity index (χ2v) is 11.2. The average Bonchev–Trinajstić information content (AvgIpc) is 3.73. The second-order valence-electron chi connectivity index (χ2n) is 11.2. The van der Waals surface area contributed by atoms with Gasteiger partial charge in [-0.2, -0.15) is 0 Å². The fourth-order valence-corrected chi connectivity index (χ4v) is 5.22. The third-order valence-electron chi connectivity index (χ3n) is 7.79. The van der Waals surface area contributed by atoms with Gasteiger partial charge in [0.1, 0.15) is 0 Å². The van der Waals surface area contributed by atoms with Crippen LogP contribution in [-0.2, 0) is 16.0 Å². The Labute approximate surface area is 244 Å². The number of carbonyl (C=O) groups is 2. The number of rotatable bonds is 15. The standard InChI is InChI=1S/C32H45N3O6/c1-23(2)34(31(36)25-11-14-29(39-4)30(17-25)40-16-8-15-38-3)21-26-18-33-19-27(26)22-41-32(37)35(28-12-13-28)20-24-9-6-5-7-10-24/h5-7,9-11,14,17,23,26-28,33H,8,12-13,15-16,18-22H2,1-4H3/t26-,27-/m0/s1. The summed E-state index contributed by atoms with van der Waals surface area (Å²) in [6.45, 7) is 8.10. The van der Waals surface area contributed by atoms with E-state index in [2.05, 4.69) is 5.32 Å². The van der Waals surface area contributed by atoms with Gasteiger partial charge in [0.25, 0.3) is 5.91 Å². The number of hydrogen-bond acceptors (Lipinski definition) is 7. The number of amides is 2. The van der Waals surface area contributed by atoms with Gasteiger partial charge in [-0.3, -0.25) is 4.79 Å². The molecular formula is C32H45N3O6. The van der Waals surface area contributed by atoms with Crippen molar-refractivity contribution in [2.45, 2.75) is 51.7 Å². The molecule has 9 heteroatoms. The first-order chi connectivity index (χ1) is 19.9. The van der Waals surface area contributed by atoms with Crippen LogP contribution in [0.4, 0.5) is 4.79 Å². The van der Waals surface area contributed by atoms with E-state index in [0.29, 0.717) is 50.0 Å². The van der Waals surface area contributed by atoms with Crippen LogP contribution >= 0.6 is 0 Å². The van der Waals surface area contributed by atoms with Crippen molar-refractivity contribution in [1.29, 1.82) is 0 Å². The summed E-state index contributed by atoms with van der Waals surface area (Å²) >= 11 is 0. The van der Waals surface area contributed by atoms with Crippen LogP contribution in [0.3, 0.4) is 0 Å². The van der Waals surface area contributed by atoms with Crippen molar-refractivity contribution in [3.8, 4) is 11.5 Å². The molecule has 1 N–H and O–H groups in total. The molecule has 2 atom stereocenters. The normalized spacial score (nSPS) is 18.3. The van der Waals surface area contributed by atoms with Crippen LogP contribution in [0.5, 0.6) is 11.5 Å². The lowest BCUT2D eigenvalue weighted by atomic mass is 9.95. The lowest BCUT2D eigenvalue weighted by Crippen LogP contribution is -2.43. The molecule has 224 valence electrons. The number of hydrogen-bond donors (Lipinski definition) is 1. The molecule has 4 rings (SSSR count). The molecule has 2 fully saturated rings. The van der Waals surface area contributed by atoms with E-state index in [1.165, 1.54) is 0 Å². The molecule has 1 saturated heterocycles. The zero-order valence-electron chi connectivity index (χ0n) is 24.8. The fraction of sp³-hybridized carbons (Fsp3) is 0.562. The largest absolute Gasteiger partial charge is 0.493 e. The highest BCUT2D eigenvalue weighted by molar-refractivity contribution is 5.95. The third-order valence-corrected chi connectivity index (χ3v) is 7.79. The van der Waals surface area contributed by atoms with Crippen molar-refractivity contribution in [3.05, 3.63) is 59.7 Å². The molecule has 0 radical (unpaired) electrons. The smallest absolute Gasteiger partial charge is 0.410 e. The van der Waals surface area contributed by atoms with Crippen molar-refractivity contribution in [2.75, 3.05) is 53.7 Å². The number of ether oxygens (including phenoxy) is 4. The summed E-state index contributed by atoms with van der Waals surface area (Å²) in [4.78, 5) is 30.6. The molecule has 41 heavy (non-hydrogen) atoms. The van der Waals surface area contributed by atoms with Gasteiger partial charge in [-0.25, -0.2) is 4.79 Å². The molecule has 0 bridgehead atoms. The summed E-state index contributed by atoms with van der Waals surface area (Å²) in [6.07, 6.45) is 2.52. The van der Waals surface area contributed by atoms with Gasteiger partial charge in [0.15, 0.2) is 11.5 Å². The Morgan fingerprint density at radius 2 is 1.73 bits per heavy atom. The summed E-state index contributed by atoms with van der Waals surface area (Å²) in [5.41, 5.74) is 1.65. The van der Waals surface area contributed by atoms with E-state index in [4.69, 9.17) is 18.9 Å². The van der Waals surface area contributed by atoms with Crippen molar-refractivity contribution >= 4 is 12.0 Å². The van der Waals surface area contributed by atoms with E-state index in [1.54, 1.807) is 32.4 Å². The highest BCUT2D eigenvalue weighted by atomic mass is 16.6. The third kappa shape index (κ3) is 8.60. The molecule has 1 aliphatic carbocycles. The average molecular weight is 568 g/mol. The second kappa shape index (κ2) is 15.1. The zero-order chi connectivity index (χ0) is 29.2. The predicted molar refractivity (Wildman–Crippen MR) is 157 cm³/mol. The summed E-state index contributed by atoms with van der Waals surface area (Å²) in [5, 5.41) is 3.44. The number of nitrogens with zero attached hydrogens (tertiary/aromatic N) is 2. The quantitative estimate of drug-likeness (QED) is 0.315. The Balaban J connectivity index is 1.37. The summed E-state index contributed by atoms with van der Waals surface area (Å²) in [7, 11) is 3.24. The number of carbonyl (C=O) groups excluding carboxylic acids is 2. The molecule has 9 nitrogen and oxygen atoms in total. The Hall–Kier alpha value is -3.30. The van der Waals surface area contributed by atoms with Gasteiger partial charge < -0.3 is 34.1 Å². The van der Waals surface area contributed by atoms with Gasteiger partial charge in [0.2, 0.25) is 0 Å². The SMILES string of the molecule is COCCCOc1cc(C(=O)N(C[C@@H]2CNC[C@H]2COC(=O)N(Cc2ccccc2)C2CC2)C(C)C)ccc1OC. The van der Waals surface area contributed by atoms with Crippen LogP contribution in [0.25, 0.3) is 0 Å². The predicted octanol–water partition coefficient (Wildman–Crippen LogP) is 4.60. The van der Waals surface area contributed by atoms with Crippen LogP contribution in [0, 0.1) is 11.8 Å². The first-order valence-corrected chi connectivity index (χ1v) is 14.7. The Bertz CT molecular complexity index is 1120. The molecular weight excluding hydrogens is 522 g/mol. The van der Waals surface area contributed by atoms with Crippen LogP contribution < -0.4 is 14.8 Å². The Kier molecular flexibility index (Phi) is 11.3. The van der Waals surface area contributed by atoms with Gasteiger partial charge >= 0.3 is 6.09 Å². The van der Waals surface area contributed by atoms with E-state index >= 15 is 0 Å². The first-order valence-electron chi connectivity index (χ1n) is 14.7. The van der Waals surface area contributed by atoms with Crippen LogP contribution in [0.1, 0.15) is 49.0 Å². The first kappa shape index (κ1) is 30.7. The van der Waals surface area contributed by atoms with E-state index in [-0.39, 0.29) is 35.9 Å². The summed E-state index contributed by atoms with van der Waals surface area (Å²) < 4.78 is 22.3. The van der Waals surface area contributed by atoms with Gasteiger partial charge in [-0.1, -0.05) is 30.3 Å². The maximum atomic E-state index is 13.7. The van der Waals surface area contributed by atoms with Crippen molar-refractivity contribution < 1.29 is 28.5 Å². The fourth-order valence-electron chi connectivity index (χ4n) is 5.22. The molecule has 0 unspecified atom stereocenters. The molecule has 2 amide bonds. The Morgan fingerprint density at radius 3 is 2.41 bits per heavy atom. The minimum Gasteiger partial charge on any atom is -0.493 e. The maximum absolute atomic E-state index is 13.7. The van der Waals surface area contributed by atoms with Gasteiger partial charge in [0, 0.05) is 69.9 Å². The summed E-state index contributed by atoms with van der Waals surface area (Å²) in [6, 6.07) is 15.6. The van der Waals surface area contributed by atoms with Gasteiger partial charge in [0.05, 0.1) is 20.3 Å². The molecule has 2 aromatic carbocycles. The lowest BCUT2D eigenvalue weighted by molar-refractivity contribution is 0.0582.